The molecule has 0 saturated carbocycles. The smallest absolute Gasteiger partial charge is 0.230 e. The summed E-state index contributed by atoms with van der Waals surface area (Å²) in [5, 5.41) is 8.01. The van der Waals surface area contributed by atoms with E-state index < -0.39 is 0 Å². The zero-order valence-electron chi connectivity index (χ0n) is 17.0. The highest BCUT2D eigenvalue weighted by Gasteiger charge is 2.10. The monoisotopic (exact) mass is 408 g/mol. The van der Waals surface area contributed by atoms with Crippen LogP contribution in [-0.2, 0) is 11.2 Å². The van der Waals surface area contributed by atoms with E-state index in [-0.39, 0.29) is 5.91 Å². The van der Waals surface area contributed by atoms with Gasteiger partial charge in [-0.15, -0.1) is 0 Å². The van der Waals surface area contributed by atoms with Gasteiger partial charge in [-0.3, -0.25) is 4.79 Å². The summed E-state index contributed by atoms with van der Waals surface area (Å²) in [6.07, 6.45) is 1.90. The van der Waals surface area contributed by atoms with Crippen LogP contribution in [0.15, 0.2) is 59.8 Å². The molecule has 0 fully saturated rings. The van der Waals surface area contributed by atoms with Gasteiger partial charge in [0.1, 0.15) is 5.82 Å². The van der Waals surface area contributed by atoms with Crippen molar-refractivity contribution in [3.05, 3.63) is 60.2 Å². The Hall–Kier alpha value is -2.60. The van der Waals surface area contributed by atoms with Crippen LogP contribution in [0.3, 0.4) is 0 Å². The molecule has 5 nitrogen and oxygen atoms in total. The number of benzene rings is 2. The summed E-state index contributed by atoms with van der Waals surface area (Å²) in [5.41, 5.74) is 2.17. The van der Waals surface area contributed by atoms with Gasteiger partial charge >= 0.3 is 0 Å². The maximum absolute atomic E-state index is 12.1. The molecule has 152 valence electrons. The van der Waals surface area contributed by atoms with Crippen LogP contribution in [0.4, 0.5) is 5.82 Å². The molecule has 1 amide bonds. The number of para-hydroxylation sites is 1. The highest BCUT2D eigenvalue weighted by atomic mass is 32.2. The molecule has 0 bridgehead atoms. The molecule has 0 aliphatic carbocycles. The summed E-state index contributed by atoms with van der Waals surface area (Å²) in [4.78, 5) is 21.4. The summed E-state index contributed by atoms with van der Waals surface area (Å²) >= 11 is 1.37. The molecule has 0 aliphatic heterocycles. The number of rotatable bonds is 10. The number of carbonyl (C=O) groups excluding carboxylic acids is 1. The van der Waals surface area contributed by atoms with Crippen molar-refractivity contribution in [3.63, 3.8) is 0 Å². The number of fused-ring (bicyclic) bond motifs is 1. The number of thioether (sulfide) groups is 1. The van der Waals surface area contributed by atoms with Crippen molar-refractivity contribution in [1.82, 2.24) is 15.3 Å². The molecule has 0 atom stereocenters. The van der Waals surface area contributed by atoms with Crippen LogP contribution < -0.4 is 10.6 Å². The predicted molar refractivity (Wildman–Crippen MR) is 121 cm³/mol. The Morgan fingerprint density at radius 3 is 2.55 bits per heavy atom. The third kappa shape index (κ3) is 6.75. The van der Waals surface area contributed by atoms with E-state index in [1.54, 1.807) is 0 Å². The standard InChI is InChI=1S/C23H28N4OS/c1-17(2)12-14-24-21(28)16-29-23-26-20-11-7-6-10-19(20)22(27-23)25-15-13-18-8-4-3-5-9-18/h3-11,17H,12-16H2,1-2H3,(H,24,28)(H,25,26,27). The fraction of sp³-hybridized carbons (Fsp3) is 0.348. The van der Waals surface area contributed by atoms with Crippen molar-refractivity contribution in [1.29, 1.82) is 0 Å². The second kappa shape index (κ2) is 10.8. The average Bonchev–Trinajstić information content (AvgIpc) is 2.73. The minimum absolute atomic E-state index is 0.0194. The van der Waals surface area contributed by atoms with Crippen LogP contribution in [0, 0.1) is 5.92 Å². The largest absolute Gasteiger partial charge is 0.369 e. The minimum atomic E-state index is 0.0194. The van der Waals surface area contributed by atoms with Gasteiger partial charge in [0.05, 0.1) is 11.3 Å². The molecule has 29 heavy (non-hydrogen) atoms. The van der Waals surface area contributed by atoms with Crippen molar-refractivity contribution in [2.45, 2.75) is 31.8 Å². The van der Waals surface area contributed by atoms with Gasteiger partial charge in [-0.25, -0.2) is 9.97 Å². The quantitative estimate of drug-likeness (QED) is 0.381. The molecule has 0 radical (unpaired) electrons. The molecule has 0 unspecified atom stereocenters. The molecular weight excluding hydrogens is 380 g/mol. The molecular formula is C23H28N4OS. The van der Waals surface area contributed by atoms with E-state index in [0.29, 0.717) is 23.4 Å². The lowest BCUT2D eigenvalue weighted by Gasteiger charge is -2.11. The predicted octanol–water partition coefficient (Wildman–Crippen LogP) is 4.54. The first-order valence-corrected chi connectivity index (χ1v) is 11.0. The van der Waals surface area contributed by atoms with Gasteiger partial charge in [0.2, 0.25) is 5.91 Å². The molecule has 0 aliphatic rings. The van der Waals surface area contributed by atoms with Gasteiger partial charge in [-0.1, -0.05) is 68.1 Å². The minimum Gasteiger partial charge on any atom is -0.369 e. The van der Waals surface area contributed by atoms with Crippen LogP contribution >= 0.6 is 11.8 Å². The van der Waals surface area contributed by atoms with Crippen LogP contribution in [-0.4, -0.2) is 34.7 Å². The molecule has 3 aromatic rings. The molecule has 0 spiro atoms. The second-order valence-electron chi connectivity index (χ2n) is 7.36. The molecule has 3 rings (SSSR count). The zero-order valence-corrected chi connectivity index (χ0v) is 17.8. The lowest BCUT2D eigenvalue weighted by Crippen LogP contribution is -2.27. The third-order valence-electron chi connectivity index (χ3n) is 4.51. The van der Waals surface area contributed by atoms with Crippen molar-refractivity contribution in [2.24, 2.45) is 5.92 Å². The number of amides is 1. The summed E-state index contributed by atoms with van der Waals surface area (Å²) in [7, 11) is 0. The Morgan fingerprint density at radius 1 is 1.00 bits per heavy atom. The Morgan fingerprint density at radius 2 is 1.76 bits per heavy atom. The van der Waals surface area contributed by atoms with E-state index in [4.69, 9.17) is 0 Å². The van der Waals surface area contributed by atoms with Crippen molar-refractivity contribution >= 4 is 34.4 Å². The van der Waals surface area contributed by atoms with Gasteiger partial charge in [0, 0.05) is 18.5 Å². The zero-order chi connectivity index (χ0) is 20.5. The van der Waals surface area contributed by atoms with Gasteiger partial charge in [-0.05, 0) is 36.5 Å². The van der Waals surface area contributed by atoms with Crippen molar-refractivity contribution in [2.75, 3.05) is 24.2 Å². The molecule has 0 saturated heterocycles. The van der Waals surface area contributed by atoms with Crippen LogP contribution in [0.2, 0.25) is 0 Å². The number of nitrogens with one attached hydrogen (secondary N) is 2. The Labute approximate surface area is 176 Å². The average molecular weight is 409 g/mol. The van der Waals surface area contributed by atoms with E-state index in [2.05, 4.69) is 58.7 Å². The SMILES string of the molecule is CC(C)CCNC(=O)CSc1nc(NCCc2ccccc2)c2ccccc2n1. The Kier molecular flexibility index (Phi) is 7.87. The van der Waals surface area contributed by atoms with E-state index in [1.807, 2.05) is 30.3 Å². The van der Waals surface area contributed by atoms with Gasteiger partial charge < -0.3 is 10.6 Å². The first-order valence-electron chi connectivity index (χ1n) is 10.1. The molecule has 1 aromatic heterocycles. The number of aromatic nitrogens is 2. The third-order valence-corrected chi connectivity index (χ3v) is 5.36. The van der Waals surface area contributed by atoms with Gasteiger partial charge in [-0.2, -0.15) is 0 Å². The fourth-order valence-electron chi connectivity index (χ4n) is 2.91. The number of anilines is 1. The van der Waals surface area contributed by atoms with E-state index >= 15 is 0 Å². The summed E-state index contributed by atoms with van der Waals surface area (Å²) in [5.74, 6) is 1.73. The number of nitrogens with zero attached hydrogens (tertiary/aromatic N) is 2. The maximum Gasteiger partial charge on any atom is 0.230 e. The van der Waals surface area contributed by atoms with E-state index in [9.17, 15) is 4.79 Å². The van der Waals surface area contributed by atoms with Crippen LogP contribution in [0.25, 0.3) is 10.9 Å². The number of carbonyl (C=O) groups is 1. The van der Waals surface area contributed by atoms with Crippen LogP contribution in [0.1, 0.15) is 25.8 Å². The Balaban J connectivity index is 1.63. The lowest BCUT2D eigenvalue weighted by atomic mass is 10.1. The summed E-state index contributed by atoms with van der Waals surface area (Å²) < 4.78 is 0. The fourth-order valence-corrected chi connectivity index (χ4v) is 3.59. The van der Waals surface area contributed by atoms with Crippen LogP contribution in [0.5, 0.6) is 0 Å². The molecule has 1 heterocycles. The first-order chi connectivity index (χ1) is 14.1. The molecule has 2 N–H and O–H groups in total. The van der Waals surface area contributed by atoms with Gasteiger partial charge in [0.15, 0.2) is 5.16 Å². The number of hydrogen-bond acceptors (Lipinski definition) is 5. The summed E-state index contributed by atoms with van der Waals surface area (Å²) in [6, 6.07) is 18.3. The van der Waals surface area contributed by atoms with E-state index in [1.165, 1.54) is 17.3 Å². The molecule has 2 aromatic carbocycles. The van der Waals surface area contributed by atoms with Crippen molar-refractivity contribution in [3.8, 4) is 0 Å². The second-order valence-corrected chi connectivity index (χ2v) is 8.30. The van der Waals surface area contributed by atoms with Crippen molar-refractivity contribution < 1.29 is 4.79 Å². The molecule has 6 heteroatoms. The number of hydrogen-bond donors (Lipinski definition) is 2. The van der Waals surface area contributed by atoms with E-state index in [0.717, 1.165) is 36.1 Å². The van der Waals surface area contributed by atoms with Gasteiger partial charge in [0.25, 0.3) is 0 Å². The normalized spacial score (nSPS) is 11.0. The lowest BCUT2D eigenvalue weighted by molar-refractivity contribution is -0.118. The summed E-state index contributed by atoms with van der Waals surface area (Å²) in [6.45, 7) is 5.79. The highest BCUT2D eigenvalue weighted by molar-refractivity contribution is 7.99. The maximum atomic E-state index is 12.1. The highest BCUT2D eigenvalue weighted by Crippen LogP contribution is 2.24. The Bertz CT molecular complexity index is 931. The first kappa shape index (κ1) is 21.1. The topological polar surface area (TPSA) is 66.9 Å².